The number of hydrogen-bond acceptors (Lipinski definition) is 2. The number of hydrogen-bond donors (Lipinski definition) is 1. The lowest BCUT2D eigenvalue weighted by Gasteiger charge is -2.03. The van der Waals surface area contributed by atoms with Crippen molar-refractivity contribution in [3.8, 4) is 5.75 Å². The first-order chi connectivity index (χ1) is 6.74. The average Bonchev–Trinajstić information content (AvgIpc) is 2.18. The van der Waals surface area contributed by atoms with Crippen LogP contribution in [0.5, 0.6) is 5.75 Å². The van der Waals surface area contributed by atoms with Crippen LogP contribution in [-0.4, -0.2) is 13.2 Å². The summed E-state index contributed by atoms with van der Waals surface area (Å²) in [6.45, 7) is 0.882. The fourth-order valence-electron chi connectivity index (χ4n) is 0.875. The minimum atomic E-state index is -0.448. The summed E-state index contributed by atoms with van der Waals surface area (Å²) in [6, 6.07) is 4.23. The molecule has 14 heavy (non-hydrogen) atoms. The molecule has 0 amide bonds. The van der Waals surface area contributed by atoms with Crippen LogP contribution in [0.15, 0.2) is 30.4 Å². The van der Waals surface area contributed by atoms with Gasteiger partial charge in [0, 0.05) is 12.6 Å². The molecule has 0 aromatic heterocycles. The number of rotatable bonds is 4. The van der Waals surface area contributed by atoms with Gasteiger partial charge in [-0.2, -0.15) is 0 Å². The largest absolute Gasteiger partial charge is 0.489 e. The van der Waals surface area contributed by atoms with E-state index in [9.17, 15) is 4.39 Å². The van der Waals surface area contributed by atoms with Crippen molar-refractivity contribution in [2.75, 3.05) is 13.2 Å². The van der Waals surface area contributed by atoms with Crippen LogP contribution >= 0.6 is 11.6 Å². The molecule has 2 nitrogen and oxygen atoms in total. The lowest BCUT2D eigenvalue weighted by atomic mass is 10.3. The van der Waals surface area contributed by atoms with Crippen LogP contribution in [0.1, 0.15) is 0 Å². The highest BCUT2D eigenvalue weighted by Gasteiger charge is 2.00. The molecular weight excluding hydrogens is 205 g/mol. The van der Waals surface area contributed by atoms with E-state index in [4.69, 9.17) is 22.1 Å². The van der Waals surface area contributed by atoms with Gasteiger partial charge < -0.3 is 10.5 Å². The third kappa shape index (κ3) is 3.36. The third-order valence-electron chi connectivity index (χ3n) is 1.54. The molecule has 0 fully saturated rings. The Labute approximate surface area is 87.1 Å². The molecule has 0 aliphatic carbocycles. The van der Waals surface area contributed by atoms with Crippen molar-refractivity contribution in [1.82, 2.24) is 0 Å². The topological polar surface area (TPSA) is 35.2 Å². The Balaban J connectivity index is 2.51. The minimum Gasteiger partial charge on any atom is -0.489 e. The number of nitrogens with two attached hydrogens (primary N) is 1. The fraction of sp³-hybridized carbons (Fsp3) is 0.200. The molecule has 2 N–H and O–H groups in total. The first-order valence-electron chi connectivity index (χ1n) is 4.17. The standard InChI is InChI=1S/C10H11ClFNO/c11-9-7-8(3-4-10(9)12)14-6-2-1-5-13/h1-4,7H,5-6,13H2. The summed E-state index contributed by atoms with van der Waals surface area (Å²) >= 11 is 5.56. The van der Waals surface area contributed by atoms with E-state index in [1.807, 2.05) is 0 Å². The van der Waals surface area contributed by atoms with E-state index in [1.165, 1.54) is 18.2 Å². The van der Waals surface area contributed by atoms with Gasteiger partial charge in [0.15, 0.2) is 0 Å². The highest BCUT2D eigenvalue weighted by Crippen LogP contribution is 2.20. The SMILES string of the molecule is NCC=CCOc1ccc(F)c(Cl)c1. The fourth-order valence-corrected chi connectivity index (χ4v) is 1.05. The Morgan fingerprint density at radius 3 is 2.86 bits per heavy atom. The molecule has 0 aliphatic rings. The lowest BCUT2D eigenvalue weighted by Crippen LogP contribution is -1.97. The summed E-state index contributed by atoms with van der Waals surface area (Å²) in [5, 5.41) is 0.0605. The van der Waals surface area contributed by atoms with Crippen LogP contribution in [0.25, 0.3) is 0 Å². The van der Waals surface area contributed by atoms with Gasteiger partial charge in [0.2, 0.25) is 0 Å². The Morgan fingerprint density at radius 2 is 2.21 bits per heavy atom. The molecule has 0 unspecified atom stereocenters. The second kappa shape index (κ2) is 5.62. The van der Waals surface area contributed by atoms with Gasteiger partial charge in [0.05, 0.1) is 5.02 Å². The van der Waals surface area contributed by atoms with Crippen molar-refractivity contribution in [3.63, 3.8) is 0 Å². The van der Waals surface area contributed by atoms with Gasteiger partial charge in [-0.3, -0.25) is 0 Å². The molecule has 4 heteroatoms. The maximum absolute atomic E-state index is 12.7. The molecule has 1 aromatic carbocycles. The monoisotopic (exact) mass is 215 g/mol. The van der Waals surface area contributed by atoms with Gasteiger partial charge in [-0.25, -0.2) is 4.39 Å². The van der Waals surface area contributed by atoms with Crippen LogP contribution in [0.4, 0.5) is 4.39 Å². The van der Waals surface area contributed by atoms with E-state index in [0.29, 0.717) is 18.9 Å². The number of ether oxygens (including phenoxy) is 1. The van der Waals surface area contributed by atoms with E-state index >= 15 is 0 Å². The predicted molar refractivity (Wildman–Crippen MR) is 55.1 cm³/mol. The zero-order valence-electron chi connectivity index (χ0n) is 7.54. The van der Waals surface area contributed by atoms with E-state index in [-0.39, 0.29) is 5.02 Å². The van der Waals surface area contributed by atoms with Gasteiger partial charge in [0.25, 0.3) is 0 Å². The van der Waals surface area contributed by atoms with Crippen LogP contribution in [0.3, 0.4) is 0 Å². The van der Waals surface area contributed by atoms with Crippen LogP contribution < -0.4 is 10.5 Å². The smallest absolute Gasteiger partial charge is 0.142 e. The summed E-state index contributed by atoms with van der Waals surface area (Å²) in [6.07, 6.45) is 3.57. The molecule has 1 rings (SSSR count). The minimum absolute atomic E-state index is 0.0605. The Kier molecular flexibility index (Phi) is 4.43. The van der Waals surface area contributed by atoms with Crippen molar-refractivity contribution < 1.29 is 9.13 Å². The molecule has 0 saturated carbocycles. The van der Waals surface area contributed by atoms with E-state index in [0.717, 1.165) is 0 Å². The zero-order valence-corrected chi connectivity index (χ0v) is 8.30. The average molecular weight is 216 g/mol. The molecule has 76 valence electrons. The molecule has 1 aromatic rings. The first-order valence-corrected chi connectivity index (χ1v) is 4.54. The van der Waals surface area contributed by atoms with Crippen molar-refractivity contribution in [1.29, 1.82) is 0 Å². The highest BCUT2D eigenvalue weighted by molar-refractivity contribution is 6.30. The van der Waals surface area contributed by atoms with Gasteiger partial charge in [-0.1, -0.05) is 23.8 Å². The van der Waals surface area contributed by atoms with Crippen LogP contribution in [0.2, 0.25) is 5.02 Å². The Bertz CT molecular complexity index is 328. The van der Waals surface area contributed by atoms with Gasteiger partial charge >= 0.3 is 0 Å². The van der Waals surface area contributed by atoms with Crippen molar-refractivity contribution in [3.05, 3.63) is 41.2 Å². The summed E-state index contributed by atoms with van der Waals surface area (Å²) in [7, 11) is 0. The van der Waals surface area contributed by atoms with E-state index < -0.39 is 5.82 Å². The summed E-state index contributed by atoms with van der Waals surface area (Å²) in [5.74, 6) is 0.0922. The molecule has 0 radical (unpaired) electrons. The normalized spacial score (nSPS) is 10.8. The zero-order chi connectivity index (χ0) is 10.4. The molecule has 0 bridgehead atoms. The van der Waals surface area contributed by atoms with Gasteiger partial charge in [0.1, 0.15) is 18.2 Å². The molecule has 0 spiro atoms. The lowest BCUT2D eigenvalue weighted by molar-refractivity contribution is 0.362. The second-order valence-electron chi connectivity index (χ2n) is 2.59. The van der Waals surface area contributed by atoms with Gasteiger partial charge in [-0.05, 0) is 12.1 Å². The van der Waals surface area contributed by atoms with Gasteiger partial charge in [-0.15, -0.1) is 0 Å². The Morgan fingerprint density at radius 1 is 1.43 bits per heavy atom. The molecule has 0 aliphatic heterocycles. The Hall–Kier alpha value is -1.06. The highest BCUT2D eigenvalue weighted by atomic mass is 35.5. The van der Waals surface area contributed by atoms with Crippen molar-refractivity contribution in [2.24, 2.45) is 5.73 Å². The van der Waals surface area contributed by atoms with Crippen molar-refractivity contribution in [2.45, 2.75) is 0 Å². The molecule has 0 saturated heterocycles. The number of benzene rings is 1. The summed E-state index contributed by atoms with van der Waals surface area (Å²) < 4.78 is 18.0. The quantitative estimate of drug-likeness (QED) is 0.783. The van der Waals surface area contributed by atoms with Crippen LogP contribution in [-0.2, 0) is 0 Å². The predicted octanol–water partition coefficient (Wildman–Crippen LogP) is 2.37. The van der Waals surface area contributed by atoms with Crippen LogP contribution in [0, 0.1) is 5.82 Å². The third-order valence-corrected chi connectivity index (χ3v) is 1.83. The molecule has 0 atom stereocenters. The second-order valence-corrected chi connectivity index (χ2v) is 3.00. The first kappa shape index (κ1) is 11.0. The summed E-state index contributed by atoms with van der Waals surface area (Å²) in [4.78, 5) is 0. The summed E-state index contributed by atoms with van der Waals surface area (Å²) in [5.41, 5.74) is 5.24. The molecule has 0 heterocycles. The van der Waals surface area contributed by atoms with E-state index in [2.05, 4.69) is 0 Å². The molecular formula is C10H11ClFNO. The number of halogens is 2. The van der Waals surface area contributed by atoms with Crippen molar-refractivity contribution >= 4 is 11.6 Å². The maximum Gasteiger partial charge on any atom is 0.142 e. The van der Waals surface area contributed by atoms with E-state index in [1.54, 1.807) is 12.2 Å². The maximum atomic E-state index is 12.7.